The maximum absolute atomic E-state index is 13.3. The van der Waals surface area contributed by atoms with E-state index in [1.807, 2.05) is 42.5 Å². The van der Waals surface area contributed by atoms with Gasteiger partial charge in [-0.05, 0) is 110 Å². The van der Waals surface area contributed by atoms with E-state index >= 15 is 0 Å². The number of piperidine rings is 2. The van der Waals surface area contributed by atoms with Gasteiger partial charge in [-0.15, -0.1) is 0 Å². The summed E-state index contributed by atoms with van der Waals surface area (Å²) >= 11 is 0. The molecule has 0 bridgehead atoms. The van der Waals surface area contributed by atoms with Crippen LogP contribution >= 0.6 is 0 Å². The highest BCUT2D eigenvalue weighted by atomic mass is 16.4. The number of anilines is 2. The second-order valence-electron chi connectivity index (χ2n) is 18.5. The SMILES string of the molecule is N[C@@H](C[C@]1(c2ccccc2)C=Nc2c(O)ccc(-c3ccc(N4CCC(CN5CCC6(CCN(c7ccc8c(c7)CN(C7CCC(=O)NC7=O)C8=O)C6)C5)CC4)cc3)c21)C(=O)O. The number of aliphatic imine (C=N–C) groups is 1. The number of imide groups is 1. The molecule has 0 saturated carbocycles. The standard InChI is InChI=1S/C49H53N7O6/c50-39(47(61)62)25-49(34-4-2-1-3-5-34)28-51-44-41(57)14-12-37(43(44)49)32-6-8-35(9-7-32)54-20-16-31(17-21-54)26-53-22-18-48(29-53)19-23-55(30-48)36-10-11-38-33(24-36)27-56(46(38)60)40-13-15-42(58)52-45(40)59/h1-12,14,24,28,31,39-40,57H,13,15-23,25-27,29-30,50H2,(H,61,62)(H,52,58,59)/t39-,40?,48?,49+/m0/s1. The van der Waals surface area contributed by atoms with Gasteiger partial charge in [-0.2, -0.15) is 0 Å². The van der Waals surface area contributed by atoms with Crippen LogP contribution in [0.2, 0.25) is 0 Å². The monoisotopic (exact) mass is 835 g/mol. The van der Waals surface area contributed by atoms with Crippen molar-refractivity contribution in [1.82, 2.24) is 15.1 Å². The lowest BCUT2D eigenvalue weighted by Crippen LogP contribution is -2.52. The summed E-state index contributed by atoms with van der Waals surface area (Å²) in [5.74, 6) is -1.18. The largest absolute Gasteiger partial charge is 0.506 e. The Balaban J connectivity index is 0.755. The number of phenols is 1. The maximum Gasteiger partial charge on any atom is 0.320 e. The number of carboxylic acids is 1. The summed E-state index contributed by atoms with van der Waals surface area (Å²) < 4.78 is 0. The number of fused-ring (bicyclic) bond motifs is 2. The van der Waals surface area contributed by atoms with Crippen LogP contribution in [0.4, 0.5) is 17.1 Å². The van der Waals surface area contributed by atoms with Gasteiger partial charge >= 0.3 is 5.97 Å². The van der Waals surface area contributed by atoms with E-state index in [1.54, 1.807) is 17.2 Å². The molecule has 320 valence electrons. The number of carboxylic acid groups (broad SMARTS) is 1. The first-order chi connectivity index (χ1) is 30.0. The van der Waals surface area contributed by atoms with Crippen molar-refractivity contribution in [3.63, 3.8) is 0 Å². The van der Waals surface area contributed by atoms with Crippen LogP contribution in [0.25, 0.3) is 11.1 Å². The van der Waals surface area contributed by atoms with Crippen molar-refractivity contribution < 1.29 is 29.4 Å². The number of rotatable bonds is 10. The third kappa shape index (κ3) is 7.10. The minimum Gasteiger partial charge on any atom is -0.506 e. The van der Waals surface area contributed by atoms with Crippen molar-refractivity contribution in [2.75, 3.05) is 55.6 Å². The number of likely N-dealkylation sites (tertiary alicyclic amines) is 1. The molecule has 0 radical (unpaired) electrons. The van der Waals surface area contributed by atoms with Gasteiger partial charge in [0.2, 0.25) is 11.8 Å². The molecule has 4 atom stereocenters. The van der Waals surface area contributed by atoms with Gasteiger partial charge in [0.1, 0.15) is 23.5 Å². The molecule has 62 heavy (non-hydrogen) atoms. The fourth-order valence-corrected chi connectivity index (χ4v) is 11.3. The van der Waals surface area contributed by atoms with E-state index in [2.05, 4.69) is 61.4 Å². The van der Waals surface area contributed by atoms with Crippen LogP contribution in [-0.4, -0.2) is 108 Å². The number of aliphatic carboxylic acids is 1. The van der Waals surface area contributed by atoms with Crippen LogP contribution in [0.5, 0.6) is 5.75 Å². The molecule has 6 heterocycles. The van der Waals surface area contributed by atoms with Gasteiger partial charge in [0.05, 0.1) is 5.41 Å². The Morgan fingerprint density at radius 2 is 1.60 bits per heavy atom. The molecule has 2 unspecified atom stereocenters. The van der Waals surface area contributed by atoms with Gasteiger partial charge in [0.25, 0.3) is 5.91 Å². The van der Waals surface area contributed by atoms with Gasteiger partial charge in [-0.3, -0.25) is 29.5 Å². The molecule has 4 saturated heterocycles. The van der Waals surface area contributed by atoms with Crippen LogP contribution in [-0.2, 0) is 26.3 Å². The predicted molar refractivity (Wildman–Crippen MR) is 237 cm³/mol. The summed E-state index contributed by atoms with van der Waals surface area (Å²) in [6.07, 6.45) is 7.07. The number of amides is 3. The summed E-state index contributed by atoms with van der Waals surface area (Å²) in [4.78, 5) is 63.5. The number of hydrogen-bond acceptors (Lipinski definition) is 10. The smallest absolute Gasteiger partial charge is 0.320 e. The van der Waals surface area contributed by atoms with Crippen molar-refractivity contribution in [2.24, 2.45) is 22.1 Å². The average molecular weight is 836 g/mol. The predicted octanol–water partition coefficient (Wildman–Crippen LogP) is 5.44. The summed E-state index contributed by atoms with van der Waals surface area (Å²) in [7, 11) is 0. The second-order valence-corrected chi connectivity index (χ2v) is 18.5. The topological polar surface area (TPSA) is 172 Å². The minimum atomic E-state index is -1.13. The molecule has 3 amide bonds. The van der Waals surface area contributed by atoms with Crippen LogP contribution < -0.4 is 20.9 Å². The lowest BCUT2D eigenvalue weighted by Gasteiger charge is -2.36. The number of carbonyl (C=O) groups excluding carboxylic acids is 3. The zero-order valence-electron chi connectivity index (χ0n) is 34.8. The van der Waals surface area contributed by atoms with Gasteiger partial charge in [0.15, 0.2) is 0 Å². The Morgan fingerprint density at radius 3 is 2.35 bits per heavy atom. The number of carbonyl (C=O) groups is 4. The molecule has 13 nitrogen and oxygen atoms in total. The summed E-state index contributed by atoms with van der Waals surface area (Å²) in [5, 5.41) is 23.2. The minimum absolute atomic E-state index is 0.0490. The number of nitrogens with zero attached hydrogens (tertiary/aromatic N) is 5. The number of nitrogens with two attached hydrogens (primary N) is 1. The van der Waals surface area contributed by atoms with E-state index in [9.17, 15) is 29.4 Å². The van der Waals surface area contributed by atoms with Crippen molar-refractivity contribution in [1.29, 1.82) is 0 Å². The Labute approximate surface area is 361 Å². The van der Waals surface area contributed by atoms with Gasteiger partial charge in [-0.1, -0.05) is 48.5 Å². The maximum atomic E-state index is 13.3. The number of nitrogens with one attached hydrogen (secondary N) is 1. The van der Waals surface area contributed by atoms with E-state index in [1.165, 1.54) is 12.1 Å². The fourth-order valence-electron chi connectivity index (χ4n) is 11.3. The highest BCUT2D eigenvalue weighted by Crippen LogP contribution is 2.52. The Morgan fingerprint density at radius 1 is 0.855 bits per heavy atom. The average Bonchev–Trinajstić information content (AvgIpc) is 4.07. The quantitative estimate of drug-likeness (QED) is 0.151. The lowest BCUT2D eigenvalue weighted by molar-refractivity contribution is -0.139. The van der Waals surface area contributed by atoms with Crippen molar-refractivity contribution in [3.8, 4) is 16.9 Å². The van der Waals surface area contributed by atoms with Crippen LogP contribution in [0.15, 0.2) is 89.9 Å². The normalized spacial score (nSPS) is 25.5. The fraction of sp³-hybridized carbons (Fsp3) is 0.408. The molecule has 4 fully saturated rings. The third-order valence-corrected chi connectivity index (χ3v) is 14.7. The highest BCUT2D eigenvalue weighted by Gasteiger charge is 2.46. The first-order valence-electron chi connectivity index (χ1n) is 22.1. The van der Waals surface area contributed by atoms with Crippen molar-refractivity contribution in [3.05, 3.63) is 107 Å². The van der Waals surface area contributed by atoms with E-state index in [0.29, 0.717) is 30.1 Å². The summed E-state index contributed by atoms with van der Waals surface area (Å²) in [6, 6.07) is 26.2. The van der Waals surface area contributed by atoms with E-state index in [4.69, 9.17) is 5.73 Å². The molecular weight excluding hydrogens is 783 g/mol. The Hall–Kier alpha value is -6.05. The van der Waals surface area contributed by atoms with Crippen LogP contribution in [0.3, 0.4) is 0 Å². The zero-order chi connectivity index (χ0) is 42.8. The molecule has 1 spiro atoms. The van der Waals surface area contributed by atoms with Crippen LogP contribution in [0.1, 0.15) is 72.0 Å². The first-order valence-corrected chi connectivity index (χ1v) is 22.1. The second kappa shape index (κ2) is 15.7. The molecule has 4 aromatic rings. The van der Waals surface area contributed by atoms with Gasteiger partial charge in [0, 0.05) is 86.4 Å². The Bertz CT molecular complexity index is 2470. The lowest BCUT2D eigenvalue weighted by atomic mass is 9.69. The molecule has 6 aliphatic rings. The number of phenolic OH excluding ortho intramolecular Hbond substituents is 1. The summed E-state index contributed by atoms with van der Waals surface area (Å²) in [5.41, 5.74) is 13.4. The van der Waals surface area contributed by atoms with Crippen LogP contribution in [0, 0.1) is 11.3 Å². The molecule has 0 aromatic heterocycles. The van der Waals surface area contributed by atoms with E-state index < -0.39 is 23.5 Å². The van der Waals surface area contributed by atoms with Crippen molar-refractivity contribution in [2.45, 2.75) is 69.0 Å². The molecular formula is C49H53N7O6. The molecule has 10 rings (SSSR count). The van der Waals surface area contributed by atoms with Gasteiger partial charge in [-0.25, -0.2) is 0 Å². The molecule has 4 aromatic carbocycles. The number of aromatic hydroxyl groups is 1. The number of hydrogen-bond donors (Lipinski definition) is 4. The van der Waals surface area contributed by atoms with E-state index in [-0.39, 0.29) is 41.7 Å². The first kappa shape index (κ1) is 40.0. The highest BCUT2D eigenvalue weighted by molar-refractivity contribution is 6.05. The molecule has 6 aliphatic heterocycles. The van der Waals surface area contributed by atoms with Crippen molar-refractivity contribution >= 4 is 47.0 Å². The summed E-state index contributed by atoms with van der Waals surface area (Å²) in [6.45, 7) is 7.72. The molecule has 13 heteroatoms. The van der Waals surface area contributed by atoms with E-state index in [0.717, 1.165) is 98.6 Å². The zero-order valence-corrected chi connectivity index (χ0v) is 34.8. The van der Waals surface area contributed by atoms with Gasteiger partial charge < -0.3 is 35.5 Å². The molecule has 0 aliphatic carbocycles. The Kier molecular flexibility index (Phi) is 10.1. The third-order valence-electron chi connectivity index (χ3n) is 14.7. The number of benzene rings is 4. The molecule has 5 N–H and O–H groups in total.